The highest BCUT2D eigenvalue weighted by atomic mass is 16.3. The maximum atomic E-state index is 9.19. The van der Waals surface area contributed by atoms with Crippen LogP contribution in [0.15, 0.2) is 54.6 Å². The average Bonchev–Trinajstić information content (AvgIpc) is 2.33. The summed E-state index contributed by atoms with van der Waals surface area (Å²) in [4.78, 5) is 2.17. The molecule has 0 heterocycles. The van der Waals surface area contributed by atoms with Gasteiger partial charge in [0.1, 0.15) is 5.75 Å². The predicted octanol–water partition coefficient (Wildman–Crippen LogP) is 3.03. The molecule has 0 unspecified atom stereocenters. The second-order valence-electron chi connectivity index (χ2n) is 3.86. The van der Waals surface area contributed by atoms with Gasteiger partial charge in [0, 0.05) is 19.3 Å². The Hall–Kier alpha value is -1.96. The van der Waals surface area contributed by atoms with Crippen molar-refractivity contribution < 1.29 is 5.11 Å². The lowest BCUT2D eigenvalue weighted by Crippen LogP contribution is -2.15. The van der Waals surface area contributed by atoms with Crippen molar-refractivity contribution in [1.82, 2.24) is 0 Å². The molecule has 0 amide bonds. The van der Waals surface area contributed by atoms with Gasteiger partial charge in [0.2, 0.25) is 0 Å². The highest BCUT2D eigenvalue weighted by Crippen LogP contribution is 2.16. The summed E-state index contributed by atoms with van der Waals surface area (Å²) in [6.07, 6.45) is 0. The number of aromatic hydroxyl groups is 1. The Morgan fingerprint density at radius 3 is 2.19 bits per heavy atom. The van der Waals surface area contributed by atoms with Crippen LogP contribution in [-0.4, -0.2) is 12.2 Å². The van der Waals surface area contributed by atoms with Gasteiger partial charge >= 0.3 is 0 Å². The zero-order valence-electron chi connectivity index (χ0n) is 9.30. The Balaban J connectivity index is 2.08. The summed E-state index contributed by atoms with van der Waals surface area (Å²) in [5.74, 6) is 0.311. The molecular weight excluding hydrogens is 198 g/mol. The van der Waals surface area contributed by atoms with Gasteiger partial charge in [-0.15, -0.1) is 0 Å². The molecule has 2 nitrogen and oxygen atoms in total. The molecule has 16 heavy (non-hydrogen) atoms. The second kappa shape index (κ2) is 4.71. The van der Waals surface area contributed by atoms with E-state index in [1.807, 2.05) is 30.3 Å². The van der Waals surface area contributed by atoms with Gasteiger partial charge in [-0.05, 0) is 29.8 Å². The van der Waals surface area contributed by atoms with Crippen LogP contribution in [0.1, 0.15) is 5.56 Å². The van der Waals surface area contributed by atoms with Gasteiger partial charge in [0.25, 0.3) is 0 Å². The number of hydrogen-bond donors (Lipinski definition) is 1. The summed E-state index contributed by atoms with van der Waals surface area (Å²) < 4.78 is 0. The molecule has 0 saturated carbocycles. The van der Waals surface area contributed by atoms with E-state index in [0.717, 1.165) is 6.54 Å². The second-order valence-corrected chi connectivity index (χ2v) is 3.86. The van der Waals surface area contributed by atoms with E-state index in [4.69, 9.17) is 0 Å². The normalized spacial score (nSPS) is 10.1. The van der Waals surface area contributed by atoms with E-state index in [1.54, 1.807) is 12.1 Å². The van der Waals surface area contributed by atoms with Crippen molar-refractivity contribution in [2.24, 2.45) is 0 Å². The number of phenols is 1. The van der Waals surface area contributed by atoms with E-state index in [9.17, 15) is 5.11 Å². The number of anilines is 1. The van der Waals surface area contributed by atoms with Gasteiger partial charge in [0.05, 0.1) is 0 Å². The molecule has 2 rings (SSSR count). The van der Waals surface area contributed by atoms with Crippen LogP contribution in [-0.2, 0) is 6.54 Å². The number of nitrogens with zero attached hydrogens (tertiary/aromatic N) is 1. The highest BCUT2D eigenvalue weighted by molar-refractivity contribution is 5.45. The quantitative estimate of drug-likeness (QED) is 0.847. The zero-order valence-corrected chi connectivity index (χ0v) is 9.30. The van der Waals surface area contributed by atoms with Gasteiger partial charge in [0.15, 0.2) is 0 Å². The molecule has 0 radical (unpaired) electrons. The number of para-hydroxylation sites is 1. The standard InChI is InChI=1S/C14H15NO/c1-15(13-5-3-2-4-6-13)11-12-7-9-14(16)10-8-12/h2-10,16H,11H2,1H3. The number of phenolic OH excluding ortho intramolecular Hbond substituents is 1. The third kappa shape index (κ3) is 2.54. The molecule has 82 valence electrons. The molecule has 0 aliphatic rings. The number of hydrogen-bond acceptors (Lipinski definition) is 2. The van der Waals surface area contributed by atoms with Crippen molar-refractivity contribution in [3.05, 3.63) is 60.2 Å². The number of rotatable bonds is 3. The zero-order chi connectivity index (χ0) is 11.4. The molecule has 0 aliphatic carbocycles. The minimum absolute atomic E-state index is 0.311. The molecule has 2 heteroatoms. The highest BCUT2D eigenvalue weighted by Gasteiger charge is 2.00. The molecule has 1 N–H and O–H groups in total. The van der Waals surface area contributed by atoms with Gasteiger partial charge in [-0.25, -0.2) is 0 Å². The summed E-state index contributed by atoms with van der Waals surface area (Å²) in [6.45, 7) is 0.838. The van der Waals surface area contributed by atoms with E-state index in [1.165, 1.54) is 11.3 Å². The summed E-state index contributed by atoms with van der Waals surface area (Å²) in [5, 5.41) is 9.19. The van der Waals surface area contributed by atoms with Crippen LogP contribution < -0.4 is 4.90 Å². The Morgan fingerprint density at radius 1 is 0.938 bits per heavy atom. The fourth-order valence-corrected chi connectivity index (χ4v) is 1.65. The minimum Gasteiger partial charge on any atom is -0.508 e. The lowest BCUT2D eigenvalue weighted by molar-refractivity contribution is 0.475. The lowest BCUT2D eigenvalue weighted by atomic mass is 10.2. The Bertz CT molecular complexity index is 436. The number of benzene rings is 2. The molecule has 2 aromatic rings. The van der Waals surface area contributed by atoms with E-state index < -0.39 is 0 Å². The largest absolute Gasteiger partial charge is 0.508 e. The van der Waals surface area contributed by atoms with Gasteiger partial charge in [-0.3, -0.25) is 0 Å². The molecule has 0 aliphatic heterocycles. The van der Waals surface area contributed by atoms with Crippen LogP contribution in [0, 0.1) is 0 Å². The molecule has 0 spiro atoms. The maximum Gasteiger partial charge on any atom is 0.115 e. The third-order valence-corrected chi connectivity index (χ3v) is 2.55. The summed E-state index contributed by atoms with van der Waals surface area (Å²) in [6, 6.07) is 17.6. The van der Waals surface area contributed by atoms with Crippen LogP contribution in [0.5, 0.6) is 5.75 Å². The topological polar surface area (TPSA) is 23.5 Å². The third-order valence-electron chi connectivity index (χ3n) is 2.55. The molecule has 0 atom stereocenters. The first-order valence-corrected chi connectivity index (χ1v) is 5.30. The van der Waals surface area contributed by atoms with Gasteiger partial charge < -0.3 is 10.0 Å². The fourth-order valence-electron chi connectivity index (χ4n) is 1.65. The molecule has 0 aromatic heterocycles. The van der Waals surface area contributed by atoms with Crippen molar-refractivity contribution in [1.29, 1.82) is 0 Å². The Kier molecular flexibility index (Phi) is 3.10. The van der Waals surface area contributed by atoms with E-state index >= 15 is 0 Å². The SMILES string of the molecule is CN(Cc1ccc(O)cc1)c1ccccc1. The summed E-state index contributed by atoms with van der Waals surface area (Å²) in [5.41, 5.74) is 2.37. The smallest absolute Gasteiger partial charge is 0.115 e. The van der Waals surface area contributed by atoms with Crippen molar-refractivity contribution in [3.8, 4) is 5.75 Å². The van der Waals surface area contributed by atoms with Crippen molar-refractivity contribution in [2.75, 3.05) is 11.9 Å². The van der Waals surface area contributed by atoms with Crippen molar-refractivity contribution in [3.63, 3.8) is 0 Å². The van der Waals surface area contributed by atoms with E-state index in [0.29, 0.717) is 5.75 Å². The fraction of sp³-hybridized carbons (Fsp3) is 0.143. The van der Waals surface area contributed by atoms with E-state index in [2.05, 4.69) is 24.1 Å². The van der Waals surface area contributed by atoms with Crippen molar-refractivity contribution in [2.45, 2.75) is 6.54 Å². The molecule has 2 aromatic carbocycles. The molecule has 0 saturated heterocycles. The first-order valence-electron chi connectivity index (χ1n) is 5.30. The van der Waals surface area contributed by atoms with Crippen molar-refractivity contribution >= 4 is 5.69 Å². The monoisotopic (exact) mass is 213 g/mol. The average molecular weight is 213 g/mol. The maximum absolute atomic E-state index is 9.19. The van der Waals surface area contributed by atoms with Crippen LogP contribution >= 0.6 is 0 Å². The minimum atomic E-state index is 0.311. The molecular formula is C14H15NO. The van der Waals surface area contributed by atoms with Crippen LogP contribution in [0.4, 0.5) is 5.69 Å². The van der Waals surface area contributed by atoms with Crippen LogP contribution in [0.25, 0.3) is 0 Å². The molecule has 0 bridgehead atoms. The predicted molar refractivity (Wildman–Crippen MR) is 66.7 cm³/mol. The summed E-state index contributed by atoms with van der Waals surface area (Å²) in [7, 11) is 2.06. The Labute approximate surface area is 95.8 Å². The van der Waals surface area contributed by atoms with Gasteiger partial charge in [-0.2, -0.15) is 0 Å². The van der Waals surface area contributed by atoms with Gasteiger partial charge in [-0.1, -0.05) is 30.3 Å². The van der Waals surface area contributed by atoms with Crippen LogP contribution in [0.3, 0.4) is 0 Å². The first-order chi connectivity index (χ1) is 7.75. The lowest BCUT2D eigenvalue weighted by Gasteiger charge is -2.19. The van der Waals surface area contributed by atoms with E-state index in [-0.39, 0.29) is 0 Å². The first kappa shape index (κ1) is 10.6. The molecule has 0 fully saturated rings. The van der Waals surface area contributed by atoms with Crippen LogP contribution in [0.2, 0.25) is 0 Å². The Morgan fingerprint density at radius 2 is 1.56 bits per heavy atom. The summed E-state index contributed by atoms with van der Waals surface area (Å²) >= 11 is 0.